The molecule has 1 nitrogen and oxygen atoms in total. The molecule has 0 aliphatic rings. The molecule has 0 aliphatic carbocycles. The molecule has 0 aromatic carbocycles. The summed E-state index contributed by atoms with van der Waals surface area (Å²) >= 11 is 0. The third kappa shape index (κ3) is 5.36. The van der Waals surface area contributed by atoms with Gasteiger partial charge in [0.1, 0.15) is 0 Å². The number of rotatable bonds is 0. The van der Waals surface area contributed by atoms with E-state index in [9.17, 15) is 0 Å². The minimum atomic E-state index is 0.479. The molecule has 0 aromatic heterocycles. The van der Waals surface area contributed by atoms with Gasteiger partial charge in [0, 0.05) is 19.0 Å². The lowest BCUT2D eigenvalue weighted by molar-refractivity contribution is 0.863. The zero-order chi connectivity index (χ0) is 5.70. The van der Waals surface area contributed by atoms with Gasteiger partial charge in [-0.2, -0.15) is 0 Å². The normalized spacial score (nSPS) is 7.43. The topological polar surface area (TPSA) is 12.0 Å². The highest BCUT2D eigenvalue weighted by Gasteiger charge is 1.77. The minimum Gasteiger partial charge on any atom is -0.349 e. The van der Waals surface area contributed by atoms with Gasteiger partial charge < -0.3 is 5.32 Å². The summed E-state index contributed by atoms with van der Waals surface area (Å²) in [6, 6.07) is 2.75. The Hall–Kier alpha value is -0.640. The maximum Gasteiger partial charge on any atom is 0.0164 e. The predicted octanol–water partition coefficient (Wildman–Crippen LogP) is 0.823. The second kappa shape index (κ2) is 3.55. The maximum absolute atomic E-state index is 2.93. The molecule has 0 heterocycles. The van der Waals surface area contributed by atoms with E-state index in [4.69, 9.17) is 0 Å². The number of nitrogens with one attached hydrogen (secondary N) is 1. The van der Waals surface area contributed by atoms with Crippen molar-refractivity contribution in [2.45, 2.75) is 13.8 Å². The van der Waals surface area contributed by atoms with E-state index in [0.29, 0.717) is 5.92 Å². The van der Waals surface area contributed by atoms with Gasteiger partial charge in [-0.3, -0.25) is 0 Å². The first kappa shape index (κ1) is 6.36. The van der Waals surface area contributed by atoms with E-state index in [1.54, 1.807) is 0 Å². The Bertz CT molecular complexity index is 84.1. The smallest absolute Gasteiger partial charge is 0.0164 e. The van der Waals surface area contributed by atoms with Crippen LogP contribution in [0.25, 0.3) is 0 Å². The first-order valence-corrected chi connectivity index (χ1v) is 2.44. The van der Waals surface area contributed by atoms with Crippen molar-refractivity contribution in [3.63, 3.8) is 0 Å². The first-order chi connectivity index (χ1) is 3.27. The van der Waals surface area contributed by atoms with Gasteiger partial charge in [0.2, 0.25) is 0 Å². The molecule has 0 saturated carbocycles. The van der Waals surface area contributed by atoms with Gasteiger partial charge in [-0.25, -0.2) is 0 Å². The van der Waals surface area contributed by atoms with Crippen molar-refractivity contribution in [1.29, 1.82) is 0 Å². The molecule has 0 fully saturated rings. The van der Waals surface area contributed by atoms with E-state index >= 15 is 0 Å². The van der Waals surface area contributed by atoms with Crippen LogP contribution in [0.3, 0.4) is 0 Å². The van der Waals surface area contributed by atoms with Crippen LogP contribution in [0.1, 0.15) is 13.8 Å². The highest BCUT2D eigenvalue weighted by Crippen LogP contribution is 1.83. The van der Waals surface area contributed by atoms with Crippen molar-refractivity contribution >= 4 is 0 Å². The van der Waals surface area contributed by atoms with E-state index in [-0.39, 0.29) is 0 Å². The van der Waals surface area contributed by atoms with E-state index in [0.717, 1.165) is 0 Å². The van der Waals surface area contributed by atoms with Crippen LogP contribution in [-0.2, 0) is 0 Å². The molecule has 7 heavy (non-hydrogen) atoms. The van der Waals surface area contributed by atoms with Crippen molar-refractivity contribution in [2.75, 3.05) is 7.05 Å². The zero-order valence-electron chi connectivity index (χ0n) is 5.08. The van der Waals surface area contributed by atoms with E-state index in [1.807, 2.05) is 7.05 Å². The summed E-state index contributed by atoms with van der Waals surface area (Å²) in [5.74, 6) is 3.41. The molecule has 0 unspecified atom stereocenters. The second-order valence-electron chi connectivity index (χ2n) is 1.67. The van der Waals surface area contributed by atoms with Crippen LogP contribution in [0.2, 0.25) is 0 Å². The van der Waals surface area contributed by atoms with Gasteiger partial charge in [0.15, 0.2) is 0 Å². The van der Waals surface area contributed by atoms with Crippen molar-refractivity contribution in [3.05, 3.63) is 0 Å². The molecule has 0 amide bonds. The van der Waals surface area contributed by atoms with Crippen molar-refractivity contribution < 1.29 is 0 Å². The average molecular weight is 97.2 g/mol. The van der Waals surface area contributed by atoms with Crippen LogP contribution >= 0.6 is 0 Å². The average Bonchev–Trinajstić information content (AvgIpc) is 1.61. The van der Waals surface area contributed by atoms with Gasteiger partial charge in [-0.15, -0.1) is 0 Å². The fourth-order valence-electron chi connectivity index (χ4n) is 0.217. The molecule has 0 atom stereocenters. The van der Waals surface area contributed by atoms with Crippen LogP contribution in [0.5, 0.6) is 0 Å². The summed E-state index contributed by atoms with van der Waals surface area (Å²) in [5.41, 5.74) is 0. The summed E-state index contributed by atoms with van der Waals surface area (Å²) in [7, 11) is 1.81. The molecule has 40 valence electrons. The Morgan fingerprint density at radius 2 is 2.00 bits per heavy atom. The van der Waals surface area contributed by atoms with E-state index in [2.05, 4.69) is 31.1 Å². The van der Waals surface area contributed by atoms with Crippen LogP contribution in [0.4, 0.5) is 0 Å². The number of hydrogen-bond donors (Lipinski definition) is 1. The molecule has 0 aliphatic heterocycles. The quantitative estimate of drug-likeness (QED) is 0.348. The Labute approximate surface area is 45.1 Å². The van der Waals surface area contributed by atoms with Gasteiger partial charge in [-0.05, 0) is 0 Å². The van der Waals surface area contributed by atoms with Crippen molar-refractivity contribution in [2.24, 2.45) is 5.92 Å². The van der Waals surface area contributed by atoms with Gasteiger partial charge in [-0.1, -0.05) is 19.8 Å². The summed E-state index contributed by atoms with van der Waals surface area (Å²) in [6.07, 6.45) is 0. The molecule has 1 heteroatoms. The Balaban J connectivity index is 3.24. The lowest BCUT2D eigenvalue weighted by Gasteiger charge is -1.84. The van der Waals surface area contributed by atoms with Gasteiger partial charge in [0.25, 0.3) is 0 Å². The van der Waals surface area contributed by atoms with E-state index < -0.39 is 0 Å². The molecule has 1 N–H and O–H groups in total. The number of hydrogen-bond acceptors (Lipinski definition) is 1. The largest absolute Gasteiger partial charge is 0.349 e. The summed E-state index contributed by atoms with van der Waals surface area (Å²) in [4.78, 5) is 0. The van der Waals surface area contributed by atoms with Gasteiger partial charge >= 0.3 is 0 Å². The SMILES string of the molecule is CNC#CC(C)C. The third-order valence-corrected chi connectivity index (χ3v) is 0.486. The standard InChI is InChI=1S/C6H11N/c1-6(2)4-5-7-3/h6-7H,1-3H3. The van der Waals surface area contributed by atoms with Crippen LogP contribution in [0.15, 0.2) is 0 Å². The second-order valence-corrected chi connectivity index (χ2v) is 1.67. The first-order valence-electron chi connectivity index (χ1n) is 2.44. The lowest BCUT2D eigenvalue weighted by Crippen LogP contribution is -1.93. The lowest BCUT2D eigenvalue weighted by atomic mass is 10.2. The summed E-state index contributed by atoms with van der Waals surface area (Å²) in [5, 5.41) is 2.74. The molecule has 0 spiro atoms. The molecular weight excluding hydrogens is 86.1 g/mol. The maximum atomic E-state index is 2.93. The van der Waals surface area contributed by atoms with Crippen molar-refractivity contribution in [3.8, 4) is 12.0 Å². The summed E-state index contributed by atoms with van der Waals surface area (Å²) in [6.45, 7) is 4.12. The molecule has 0 saturated heterocycles. The zero-order valence-corrected chi connectivity index (χ0v) is 5.08. The summed E-state index contributed by atoms with van der Waals surface area (Å²) < 4.78 is 0. The monoisotopic (exact) mass is 97.1 g/mol. The Morgan fingerprint density at radius 1 is 1.43 bits per heavy atom. The minimum absolute atomic E-state index is 0.479. The Morgan fingerprint density at radius 3 is 2.14 bits per heavy atom. The molecule has 0 rings (SSSR count). The fraction of sp³-hybridized carbons (Fsp3) is 0.667. The Kier molecular flexibility index (Phi) is 3.22. The van der Waals surface area contributed by atoms with Gasteiger partial charge in [0.05, 0.1) is 0 Å². The molecule has 0 radical (unpaired) electrons. The van der Waals surface area contributed by atoms with Crippen LogP contribution in [-0.4, -0.2) is 7.05 Å². The third-order valence-electron chi connectivity index (χ3n) is 0.486. The van der Waals surface area contributed by atoms with E-state index in [1.165, 1.54) is 0 Å². The molecule has 0 bridgehead atoms. The highest BCUT2D eigenvalue weighted by molar-refractivity contribution is 4.97. The molecule has 0 aromatic rings. The highest BCUT2D eigenvalue weighted by atomic mass is 14.8. The molecular formula is C6H11N. The predicted molar refractivity (Wildman–Crippen MR) is 31.7 cm³/mol. The van der Waals surface area contributed by atoms with Crippen LogP contribution in [0, 0.1) is 17.9 Å². The van der Waals surface area contributed by atoms with Crippen LogP contribution < -0.4 is 5.32 Å². The fourth-order valence-corrected chi connectivity index (χ4v) is 0.217. The van der Waals surface area contributed by atoms with Crippen molar-refractivity contribution in [1.82, 2.24) is 5.32 Å².